The Balaban J connectivity index is 2.75. The predicted molar refractivity (Wildman–Crippen MR) is 78.0 cm³/mol. The fourth-order valence-corrected chi connectivity index (χ4v) is 2.18. The maximum absolute atomic E-state index is 13.1. The van der Waals surface area contributed by atoms with Crippen molar-refractivity contribution in [2.75, 3.05) is 28.4 Å². The summed E-state index contributed by atoms with van der Waals surface area (Å²) in [4.78, 5) is 0. The Morgan fingerprint density at radius 2 is 1.29 bits per heavy atom. The maximum Gasteiger partial charge on any atom is 0.204 e. The molecule has 4 nitrogen and oxygen atoms in total. The number of hydrogen-bond donors (Lipinski definition) is 0. The van der Waals surface area contributed by atoms with Crippen molar-refractivity contribution >= 4 is 0 Å². The van der Waals surface area contributed by atoms with E-state index in [1.807, 2.05) is 0 Å². The van der Waals surface area contributed by atoms with Crippen LogP contribution in [0.2, 0.25) is 0 Å². The highest BCUT2D eigenvalue weighted by Crippen LogP contribution is 2.49. The van der Waals surface area contributed by atoms with Crippen LogP contribution in [0.4, 0.5) is 4.39 Å². The molecule has 21 heavy (non-hydrogen) atoms. The van der Waals surface area contributed by atoms with Crippen molar-refractivity contribution in [2.45, 2.75) is 0 Å². The number of rotatable bonds is 5. The lowest BCUT2D eigenvalue weighted by atomic mass is 10.0. The zero-order valence-electron chi connectivity index (χ0n) is 12.4. The molecule has 0 amide bonds. The van der Waals surface area contributed by atoms with E-state index in [9.17, 15) is 4.39 Å². The Labute approximate surface area is 123 Å². The first kappa shape index (κ1) is 15.0. The highest BCUT2D eigenvalue weighted by molar-refractivity contribution is 5.82. The molecule has 112 valence electrons. The van der Waals surface area contributed by atoms with Crippen LogP contribution in [0.3, 0.4) is 0 Å². The molecular weight excluding hydrogens is 275 g/mol. The van der Waals surface area contributed by atoms with E-state index in [-0.39, 0.29) is 5.82 Å². The van der Waals surface area contributed by atoms with Gasteiger partial charge < -0.3 is 18.9 Å². The third kappa shape index (κ3) is 2.72. The molecule has 0 aliphatic rings. The lowest BCUT2D eigenvalue weighted by Crippen LogP contribution is -1.99. The number of ether oxygens (including phenoxy) is 4. The van der Waals surface area contributed by atoms with Crippen LogP contribution in [-0.4, -0.2) is 28.4 Å². The van der Waals surface area contributed by atoms with Crippen LogP contribution >= 0.6 is 0 Å². The summed E-state index contributed by atoms with van der Waals surface area (Å²) in [5.74, 6) is 1.67. The summed E-state index contributed by atoms with van der Waals surface area (Å²) in [5, 5.41) is 0. The first-order valence-electron chi connectivity index (χ1n) is 6.29. The molecule has 2 aromatic carbocycles. The maximum atomic E-state index is 13.1. The van der Waals surface area contributed by atoms with Gasteiger partial charge in [0.05, 0.1) is 34.0 Å². The summed E-state index contributed by atoms with van der Waals surface area (Å²) in [5.41, 5.74) is 1.43. The van der Waals surface area contributed by atoms with Gasteiger partial charge in [0.25, 0.3) is 0 Å². The minimum Gasteiger partial charge on any atom is -0.496 e. The van der Waals surface area contributed by atoms with Crippen molar-refractivity contribution in [2.24, 2.45) is 0 Å². The summed E-state index contributed by atoms with van der Waals surface area (Å²) in [6, 6.07) is 7.78. The van der Waals surface area contributed by atoms with Crippen LogP contribution in [0.15, 0.2) is 30.3 Å². The Kier molecular flexibility index (Phi) is 4.52. The van der Waals surface area contributed by atoms with Crippen molar-refractivity contribution in [3.05, 3.63) is 36.1 Å². The monoisotopic (exact) mass is 292 g/mol. The summed E-state index contributed by atoms with van der Waals surface area (Å²) >= 11 is 0. The van der Waals surface area contributed by atoms with E-state index in [0.29, 0.717) is 28.6 Å². The van der Waals surface area contributed by atoms with Gasteiger partial charge in [-0.3, -0.25) is 0 Å². The third-order valence-corrected chi connectivity index (χ3v) is 3.15. The van der Waals surface area contributed by atoms with Crippen LogP contribution in [0, 0.1) is 5.82 Å². The predicted octanol–water partition coefficient (Wildman–Crippen LogP) is 3.53. The average molecular weight is 292 g/mol. The van der Waals surface area contributed by atoms with Crippen LogP contribution in [0.1, 0.15) is 0 Å². The van der Waals surface area contributed by atoms with Gasteiger partial charge in [0.15, 0.2) is 11.5 Å². The highest BCUT2D eigenvalue weighted by Gasteiger charge is 2.22. The molecule has 0 saturated carbocycles. The van der Waals surface area contributed by atoms with E-state index in [2.05, 4.69) is 0 Å². The van der Waals surface area contributed by atoms with E-state index in [1.54, 1.807) is 25.3 Å². The van der Waals surface area contributed by atoms with Crippen LogP contribution in [-0.2, 0) is 0 Å². The molecule has 0 fully saturated rings. The largest absolute Gasteiger partial charge is 0.496 e. The highest BCUT2D eigenvalue weighted by atomic mass is 19.1. The lowest BCUT2D eigenvalue weighted by Gasteiger charge is -2.19. The molecule has 2 rings (SSSR count). The summed E-state index contributed by atoms with van der Waals surface area (Å²) in [6.07, 6.45) is 0. The molecule has 0 bridgehead atoms. The fraction of sp³-hybridized carbons (Fsp3) is 0.250. The second-order valence-electron chi connectivity index (χ2n) is 4.23. The molecule has 0 atom stereocenters. The van der Waals surface area contributed by atoms with Gasteiger partial charge in [-0.05, 0) is 17.7 Å². The number of benzene rings is 2. The molecule has 0 aliphatic heterocycles. The first-order chi connectivity index (χ1) is 10.2. The van der Waals surface area contributed by atoms with Crippen LogP contribution in [0.5, 0.6) is 23.0 Å². The third-order valence-electron chi connectivity index (χ3n) is 3.15. The molecule has 0 aliphatic carbocycles. The first-order valence-corrected chi connectivity index (χ1v) is 6.29. The van der Waals surface area contributed by atoms with Gasteiger partial charge in [0.1, 0.15) is 11.6 Å². The van der Waals surface area contributed by atoms with Crippen molar-refractivity contribution in [3.8, 4) is 34.1 Å². The standard InChI is InChI=1S/C16H17FO4/c1-18-12-9-13(19-2)15(20-3)16(21-4)14(12)10-5-7-11(17)8-6-10/h5-9H,1-4H3. The summed E-state index contributed by atoms with van der Waals surface area (Å²) in [7, 11) is 6.15. The smallest absolute Gasteiger partial charge is 0.204 e. The van der Waals surface area contributed by atoms with Crippen LogP contribution < -0.4 is 18.9 Å². The molecule has 0 heterocycles. The molecule has 0 saturated heterocycles. The molecule has 0 aromatic heterocycles. The van der Waals surface area contributed by atoms with Gasteiger partial charge >= 0.3 is 0 Å². The Hall–Kier alpha value is -2.43. The van der Waals surface area contributed by atoms with Crippen LogP contribution in [0.25, 0.3) is 11.1 Å². The van der Waals surface area contributed by atoms with E-state index in [4.69, 9.17) is 18.9 Å². The van der Waals surface area contributed by atoms with E-state index in [0.717, 1.165) is 5.56 Å². The summed E-state index contributed by atoms with van der Waals surface area (Å²) in [6.45, 7) is 0. The van der Waals surface area contributed by atoms with Crippen molar-refractivity contribution < 1.29 is 23.3 Å². The number of halogens is 1. The van der Waals surface area contributed by atoms with Crippen molar-refractivity contribution in [1.82, 2.24) is 0 Å². The van der Waals surface area contributed by atoms with E-state index >= 15 is 0 Å². The molecule has 0 spiro atoms. The molecule has 0 radical (unpaired) electrons. The minimum atomic E-state index is -0.308. The second-order valence-corrected chi connectivity index (χ2v) is 4.23. The van der Waals surface area contributed by atoms with Gasteiger partial charge in [0.2, 0.25) is 5.75 Å². The number of hydrogen-bond acceptors (Lipinski definition) is 4. The second kappa shape index (κ2) is 6.35. The van der Waals surface area contributed by atoms with Gasteiger partial charge in [-0.2, -0.15) is 0 Å². The van der Waals surface area contributed by atoms with E-state index in [1.165, 1.54) is 33.5 Å². The molecule has 0 unspecified atom stereocenters. The zero-order valence-corrected chi connectivity index (χ0v) is 12.4. The van der Waals surface area contributed by atoms with Gasteiger partial charge in [-0.15, -0.1) is 0 Å². The normalized spacial score (nSPS) is 10.1. The Morgan fingerprint density at radius 3 is 1.76 bits per heavy atom. The van der Waals surface area contributed by atoms with Gasteiger partial charge in [-0.1, -0.05) is 12.1 Å². The Morgan fingerprint density at radius 1 is 0.714 bits per heavy atom. The Bertz CT molecular complexity index is 623. The average Bonchev–Trinajstić information content (AvgIpc) is 2.53. The lowest BCUT2D eigenvalue weighted by molar-refractivity contribution is 0.320. The quantitative estimate of drug-likeness (QED) is 0.845. The SMILES string of the molecule is COc1cc(OC)c(-c2ccc(F)cc2)c(OC)c1OC. The molecular formula is C16H17FO4. The summed E-state index contributed by atoms with van der Waals surface area (Å²) < 4.78 is 34.6. The molecule has 0 N–H and O–H groups in total. The van der Waals surface area contributed by atoms with Crippen molar-refractivity contribution in [1.29, 1.82) is 0 Å². The topological polar surface area (TPSA) is 36.9 Å². The molecule has 5 heteroatoms. The minimum absolute atomic E-state index is 0.308. The molecule has 2 aromatic rings. The van der Waals surface area contributed by atoms with Gasteiger partial charge in [0, 0.05) is 6.07 Å². The zero-order chi connectivity index (χ0) is 15.4. The van der Waals surface area contributed by atoms with E-state index < -0.39 is 0 Å². The van der Waals surface area contributed by atoms with Crippen molar-refractivity contribution in [3.63, 3.8) is 0 Å². The van der Waals surface area contributed by atoms with Gasteiger partial charge in [-0.25, -0.2) is 4.39 Å². The fourth-order valence-electron chi connectivity index (χ4n) is 2.18. The number of methoxy groups -OCH3 is 4.